The molecular formula is C16H16BrClN2O3S. The molecule has 0 aromatic heterocycles. The standard InChI is InChI=1S/C16H16BrClN2O3S/c17-13-5-3-6-14(10-13)24(22,23)20-9-8-16(21)19-11-12-4-1-2-7-15(12)18/h1-7,10,20H,8-9,11H2,(H,19,21). The van der Waals surface area contributed by atoms with Gasteiger partial charge in [-0.2, -0.15) is 0 Å². The molecule has 5 nitrogen and oxygen atoms in total. The Morgan fingerprint density at radius 1 is 1.12 bits per heavy atom. The normalized spacial score (nSPS) is 11.2. The first-order chi connectivity index (χ1) is 11.4. The lowest BCUT2D eigenvalue weighted by Crippen LogP contribution is -2.30. The highest BCUT2D eigenvalue weighted by atomic mass is 79.9. The summed E-state index contributed by atoms with van der Waals surface area (Å²) in [6.07, 6.45) is 0.0394. The van der Waals surface area contributed by atoms with Crippen molar-refractivity contribution < 1.29 is 13.2 Å². The Labute approximate surface area is 154 Å². The van der Waals surface area contributed by atoms with Crippen LogP contribution in [0.3, 0.4) is 0 Å². The Kier molecular flexibility index (Phi) is 6.79. The van der Waals surface area contributed by atoms with Gasteiger partial charge >= 0.3 is 0 Å². The molecule has 2 rings (SSSR count). The fourth-order valence-electron chi connectivity index (χ4n) is 1.94. The summed E-state index contributed by atoms with van der Waals surface area (Å²) < 4.78 is 27.3. The van der Waals surface area contributed by atoms with Crippen molar-refractivity contribution in [1.29, 1.82) is 0 Å². The van der Waals surface area contributed by atoms with E-state index < -0.39 is 10.0 Å². The Bertz CT molecular complexity index is 828. The number of nitrogens with one attached hydrogen (secondary N) is 2. The number of halogens is 2. The highest BCUT2D eigenvalue weighted by Gasteiger charge is 2.14. The lowest BCUT2D eigenvalue weighted by Gasteiger charge is -2.09. The Hall–Kier alpha value is -1.41. The summed E-state index contributed by atoms with van der Waals surface area (Å²) in [6, 6.07) is 13.6. The SMILES string of the molecule is O=C(CCNS(=O)(=O)c1cccc(Br)c1)NCc1ccccc1Cl. The van der Waals surface area contributed by atoms with Gasteiger partial charge in [-0.05, 0) is 29.8 Å². The average molecular weight is 432 g/mol. The van der Waals surface area contributed by atoms with Crippen LogP contribution in [0.15, 0.2) is 57.9 Å². The first-order valence-corrected chi connectivity index (χ1v) is 9.79. The van der Waals surface area contributed by atoms with Crippen molar-refractivity contribution in [1.82, 2.24) is 10.0 Å². The van der Waals surface area contributed by atoms with Gasteiger partial charge in [-0.3, -0.25) is 4.79 Å². The van der Waals surface area contributed by atoms with Crippen LogP contribution in [0.2, 0.25) is 5.02 Å². The lowest BCUT2D eigenvalue weighted by atomic mass is 10.2. The second-order valence-electron chi connectivity index (χ2n) is 4.97. The van der Waals surface area contributed by atoms with Crippen molar-refractivity contribution in [2.24, 2.45) is 0 Å². The van der Waals surface area contributed by atoms with Gasteiger partial charge in [-0.1, -0.05) is 51.8 Å². The monoisotopic (exact) mass is 430 g/mol. The molecule has 0 spiro atoms. The summed E-state index contributed by atoms with van der Waals surface area (Å²) in [5, 5.41) is 3.29. The molecule has 0 fully saturated rings. The van der Waals surface area contributed by atoms with E-state index in [9.17, 15) is 13.2 Å². The van der Waals surface area contributed by atoms with Gasteiger partial charge in [0.25, 0.3) is 0 Å². The van der Waals surface area contributed by atoms with Crippen LogP contribution in [0.25, 0.3) is 0 Å². The van der Waals surface area contributed by atoms with Gasteiger partial charge in [0.2, 0.25) is 15.9 Å². The predicted molar refractivity (Wildman–Crippen MR) is 97.2 cm³/mol. The van der Waals surface area contributed by atoms with Crippen molar-refractivity contribution in [2.45, 2.75) is 17.9 Å². The molecule has 0 bridgehead atoms. The molecule has 0 heterocycles. The Morgan fingerprint density at radius 2 is 1.88 bits per heavy atom. The predicted octanol–water partition coefficient (Wildman–Crippen LogP) is 3.09. The second kappa shape index (κ2) is 8.62. The molecule has 0 saturated heterocycles. The fraction of sp³-hybridized carbons (Fsp3) is 0.188. The smallest absolute Gasteiger partial charge is 0.240 e. The summed E-state index contributed by atoms with van der Waals surface area (Å²) in [5.41, 5.74) is 0.808. The number of rotatable bonds is 7. The first-order valence-electron chi connectivity index (χ1n) is 7.14. The van der Waals surface area contributed by atoms with E-state index >= 15 is 0 Å². The van der Waals surface area contributed by atoms with Gasteiger partial charge in [0.05, 0.1) is 4.90 Å². The molecule has 0 aliphatic heterocycles. The van der Waals surface area contributed by atoms with Crippen molar-refractivity contribution >= 4 is 43.5 Å². The molecule has 2 aromatic rings. The number of carbonyl (C=O) groups is 1. The van der Waals surface area contributed by atoms with Gasteiger partial charge < -0.3 is 5.32 Å². The average Bonchev–Trinajstić information content (AvgIpc) is 2.54. The minimum absolute atomic E-state index is 0.0171. The zero-order chi connectivity index (χ0) is 17.6. The van der Waals surface area contributed by atoms with Crippen LogP contribution in [0, 0.1) is 0 Å². The van der Waals surface area contributed by atoms with Gasteiger partial charge in [-0.15, -0.1) is 0 Å². The highest BCUT2D eigenvalue weighted by molar-refractivity contribution is 9.10. The summed E-state index contributed by atoms with van der Waals surface area (Å²) >= 11 is 9.23. The van der Waals surface area contributed by atoms with Crippen molar-refractivity contribution in [3.8, 4) is 0 Å². The quantitative estimate of drug-likeness (QED) is 0.707. The molecule has 8 heteroatoms. The molecule has 0 aliphatic rings. The zero-order valence-corrected chi connectivity index (χ0v) is 15.8. The largest absolute Gasteiger partial charge is 0.352 e. The maximum absolute atomic E-state index is 12.1. The number of hydrogen-bond donors (Lipinski definition) is 2. The molecule has 0 unspecified atom stereocenters. The van der Waals surface area contributed by atoms with Gasteiger partial charge in [-0.25, -0.2) is 13.1 Å². The molecule has 1 amide bonds. The third-order valence-corrected chi connectivity index (χ3v) is 5.51. The Balaban J connectivity index is 1.81. The number of hydrogen-bond acceptors (Lipinski definition) is 3. The van der Waals surface area contributed by atoms with Crippen LogP contribution in [-0.4, -0.2) is 20.9 Å². The molecule has 0 atom stereocenters. The zero-order valence-electron chi connectivity index (χ0n) is 12.6. The second-order valence-corrected chi connectivity index (χ2v) is 8.06. The molecule has 0 radical (unpaired) electrons. The third kappa shape index (κ3) is 5.59. The Morgan fingerprint density at radius 3 is 2.58 bits per heavy atom. The van der Waals surface area contributed by atoms with Crippen LogP contribution in [-0.2, 0) is 21.4 Å². The molecule has 2 aromatic carbocycles. The van der Waals surface area contributed by atoms with Crippen LogP contribution in [0.5, 0.6) is 0 Å². The maximum Gasteiger partial charge on any atom is 0.240 e. The minimum Gasteiger partial charge on any atom is -0.352 e. The maximum atomic E-state index is 12.1. The van der Waals surface area contributed by atoms with E-state index in [1.54, 1.807) is 18.2 Å². The molecule has 0 aliphatic carbocycles. The summed E-state index contributed by atoms with van der Waals surface area (Å²) in [5.74, 6) is -0.258. The molecule has 0 saturated carbocycles. The van der Waals surface area contributed by atoms with E-state index in [1.807, 2.05) is 18.2 Å². The number of amides is 1. The fourth-order valence-corrected chi connectivity index (χ4v) is 3.77. The molecular weight excluding hydrogens is 416 g/mol. The lowest BCUT2D eigenvalue weighted by molar-refractivity contribution is -0.121. The first kappa shape index (κ1) is 18.9. The number of sulfonamides is 1. The van der Waals surface area contributed by atoms with Gasteiger partial charge in [0, 0.05) is 29.0 Å². The van der Waals surface area contributed by atoms with Crippen LogP contribution < -0.4 is 10.0 Å². The van der Waals surface area contributed by atoms with E-state index in [-0.39, 0.29) is 23.8 Å². The number of carbonyl (C=O) groups excluding carboxylic acids is 1. The number of benzene rings is 2. The molecule has 128 valence electrons. The van der Waals surface area contributed by atoms with Crippen molar-refractivity contribution in [2.75, 3.05) is 6.54 Å². The molecule has 2 N–H and O–H groups in total. The van der Waals surface area contributed by atoms with E-state index in [1.165, 1.54) is 12.1 Å². The van der Waals surface area contributed by atoms with E-state index in [0.29, 0.717) is 16.0 Å². The highest BCUT2D eigenvalue weighted by Crippen LogP contribution is 2.16. The molecule has 24 heavy (non-hydrogen) atoms. The van der Waals surface area contributed by atoms with E-state index in [4.69, 9.17) is 11.6 Å². The summed E-state index contributed by atoms with van der Waals surface area (Å²) in [4.78, 5) is 12.0. The van der Waals surface area contributed by atoms with Gasteiger partial charge in [0.15, 0.2) is 0 Å². The van der Waals surface area contributed by atoms with Crippen LogP contribution in [0.4, 0.5) is 0 Å². The summed E-state index contributed by atoms with van der Waals surface area (Å²) in [7, 11) is -3.63. The van der Waals surface area contributed by atoms with Crippen molar-refractivity contribution in [3.05, 3.63) is 63.6 Å². The minimum atomic E-state index is -3.63. The van der Waals surface area contributed by atoms with Crippen molar-refractivity contribution in [3.63, 3.8) is 0 Å². The van der Waals surface area contributed by atoms with E-state index in [0.717, 1.165) is 5.56 Å². The van der Waals surface area contributed by atoms with Gasteiger partial charge in [0.1, 0.15) is 0 Å². The van der Waals surface area contributed by atoms with Crippen LogP contribution in [0.1, 0.15) is 12.0 Å². The summed E-state index contributed by atoms with van der Waals surface area (Å²) in [6.45, 7) is 0.320. The van der Waals surface area contributed by atoms with E-state index in [2.05, 4.69) is 26.0 Å². The van der Waals surface area contributed by atoms with Crippen LogP contribution >= 0.6 is 27.5 Å². The topological polar surface area (TPSA) is 75.3 Å². The third-order valence-electron chi connectivity index (χ3n) is 3.18.